The van der Waals surface area contributed by atoms with Crippen molar-refractivity contribution in [1.29, 1.82) is 0 Å². The number of nitrogens with one attached hydrogen (secondary N) is 2. The maximum Gasteiger partial charge on any atom is 0.303 e. The Hall–Kier alpha value is -4.22. The Bertz CT molecular complexity index is 1120. The van der Waals surface area contributed by atoms with Gasteiger partial charge in [-0.25, -0.2) is 0 Å². The number of nitrogens with zero attached hydrogens (tertiary/aromatic N) is 2. The highest BCUT2D eigenvalue weighted by molar-refractivity contribution is 5.75. The predicted octanol–water partition coefficient (Wildman–Crippen LogP) is 6.51. The van der Waals surface area contributed by atoms with Gasteiger partial charge < -0.3 is 29.9 Å². The van der Waals surface area contributed by atoms with E-state index in [9.17, 15) is 28.8 Å². The second kappa shape index (κ2) is 33.4. The summed E-state index contributed by atoms with van der Waals surface area (Å²) in [7, 11) is 0. The molecule has 12 nitrogen and oxygen atoms in total. The predicted molar refractivity (Wildman–Crippen MR) is 214 cm³/mol. The smallest absolute Gasteiger partial charge is 0.303 e. The van der Waals surface area contributed by atoms with Crippen LogP contribution in [0.5, 0.6) is 0 Å². The molecule has 0 bridgehead atoms. The van der Waals surface area contributed by atoms with E-state index in [0.717, 1.165) is 25.7 Å². The molecule has 12 heteroatoms. The van der Waals surface area contributed by atoms with Crippen molar-refractivity contribution in [2.75, 3.05) is 39.3 Å². The Kier molecular flexibility index (Phi) is 30.7. The molecule has 2 unspecified atom stereocenters. The van der Waals surface area contributed by atoms with E-state index < -0.39 is 24.1 Å². The van der Waals surface area contributed by atoms with Crippen LogP contribution in [-0.2, 0) is 38.2 Å². The summed E-state index contributed by atoms with van der Waals surface area (Å²) in [5, 5.41) is 5.29. The third-order valence-corrected chi connectivity index (χ3v) is 8.40. The molecule has 54 heavy (non-hydrogen) atoms. The highest BCUT2D eigenvalue weighted by Gasteiger charge is 2.20. The van der Waals surface area contributed by atoms with E-state index in [2.05, 4.69) is 59.2 Å². The summed E-state index contributed by atoms with van der Waals surface area (Å²) in [4.78, 5) is 72.7. The lowest BCUT2D eigenvalue weighted by Gasteiger charge is -2.26. The summed E-state index contributed by atoms with van der Waals surface area (Å²) in [6.45, 7) is 10.3. The van der Waals surface area contributed by atoms with E-state index in [1.54, 1.807) is 9.80 Å². The van der Waals surface area contributed by atoms with Gasteiger partial charge in [0.2, 0.25) is 23.6 Å². The lowest BCUT2D eigenvalue weighted by molar-refractivity contribution is -0.149. The molecular weight excluding hydrogens is 688 g/mol. The Morgan fingerprint density at radius 1 is 0.463 bits per heavy atom. The Morgan fingerprint density at radius 3 is 1.07 bits per heavy atom. The van der Waals surface area contributed by atoms with E-state index in [0.29, 0.717) is 25.9 Å². The fourth-order valence-electron chi connectivity index (χ4n) is 5.58. The van der Waals surface area contributed by atoms with Gasteiger partial charge in [0.15, 0.2) is 0 Å². The molecular formula is C42H70N4O8. The summed E-state index contributed by atoms with van der Waals surface area (Å²) in [6.07, 6.45) is 31.4. The zero-order valence-corrected chi connectivity index (χ0v) is 34.1. The highest BCUT2D eigenvalue weighted by Crippen LogP contribution is 2.12. The number of unbranched alkanes of at least 4 members (excludes halogenated alkanes) is 9. The zero-order valence-electron chi connectivity index (χ0n) is 34.1. The number of esters is 2. The van der Waals surface area contributed by atoms with Gasteiger partial charge in [-0.15, -0.1) is 0 Å². The quantitative estimate of drug-likeness (QED) is 0.0462. The molecule has 0 aromatic rings. The van der Waals surface area contributed by atoms with Gasteiger partial charge in [0, 0.05) is 54.6 Å². The molecule has 0 aromatic carbocycles. The van der Waals surface area contributed by atoms with Crippen molar-refractivity contribution < 1.29 is 38.2 Å². The molecule has 0 spiro atoms. The van der Waals surface area contributed by atoms with Crippen molar-refractivity contribution in [2.24, 2.45) is 0 Å². The Morgan fingerprint density at radius 2 is 0.778 bits per heavy atom. The summed E-state index contributed by atoms with van der Waals surface area (Å²) in [5.41, 5.74) is 0. The number of hydrogen-bond donors (Lipinski definition) is 2. The number of hydrogen-bond acceptors (Lipinski definition) is 8. The van der Waals surface area contributed by atoms with Crippen LogP contribution >= 0.6 is 0 Å². The van der Waals surface area contributed by atoms with Crippen LogP contribution in [0.15, 0.2) is 48.6 Å². The van der Waals surface area contributed by atoms with Gasteiger partial charge in [0.05, 0.1) is 26.2 Å². The third kappa shape index (κ3) is 32.4. The molecule has 2 atom stereocenters. The largest absolute Gasteiger partial charge is 0.459 e. The standard InChI is InChI=1S/C42H70N4O8/c1-35(47)43-31-41(53-39(5)51)33-45(37(3)49)29-27-25-23-21-19-17-15-13-11-9-7-8-10-12-14-16-18-20-22-24-26-28-30-46(38(4)50)34-42(54-40(6)52)32-44-36(2)48/h17-20,23-26,41-42H,7-16,21-22,27-34H2,1-6H3,(H,43,47)(H,44,48)/b19-17-,20-18-,25-23-,26-24-. The van der Waals surface area contributed by atoms with E-state index in [1.807, 2.05) is 0 Å². The van der Waals surface area contributed by atoms with E-state index >= 15 is 0 Å². The molecule has 0 aliphatic heterocycles. The van der Waals surface area contributed by atoms with Gasteiger partial charge in [-0.05, 0) is 51.4 Å². The Balaban J connectivity index is 3.93. The van der Waals surface area contributed by atoms with Crippen LogP contribution in [-0.4, -0.2) is 96.8 Å². The van der Waals surface area contributed by atoms with Crippen molar-refractivity contribution in [3.8, 4) is 0 Å². The average molecular weight is 759 g/mol. The van der Waals surface area contributed by atoms with E-state index in [4.69, 9.17) is 9.47 Å². The van der Waals surface area contributed by atoms with Crippen LogP contribution < -0.4 is 10.6 Å². The molecule has 4 amide bonds. The SMILES string of the molecule is CC(=O)NCC(CN(CC/C=C\C/C=C\CCCCCCCCCC/C=C\C/C=C\CCN(CC(CNC(C)=O)OC(C)=O)C(C)=O)C(C)=O)OC(C)=O. The molecule has 0 saturated heterocycles. The maximum atomic E-state index is 12.1. The molecule has 0 rings (SSSR count). The first-order chi connectivity index (χ1) is 25.8. The van der Waals surface area contributed by atoms with Crippen molar-refractivity contribution in [2.45, 2.75) is 144 Å². The topological polar surface area (TPSA) is 151 Å². The van der Waals surface area contributed by atoms with Gasteiger partial charge in [-0.1, -0.05) is 87.1 Å². The van der Waals surface area contributed by atoms with Gasteiger partial charge in [0.25, 0.3) is 0 Å². The molecule has 0 saturated carbocycles. The number of rotatable bonds is 31. The molecule has 0 fully saturated rings. The van der Waals surface area contributed by atoms with Gasteiger partial charge >= 0.3 is 11.9 Å². The van der Waals surface area contributed by atoms with E-state index in [-0.39, 0.29) is 49.8 Å². The van der Waals surface area contributed by atoms with E-state index in [1.165, 1.54) is 92.9 Å². The summed E-state index contributed by atoms with van der Waals surface area (Å²) in [6, 6.07) is 0. The average Bonchev–Trinajstić information content (AvgIpc) is 3.09. The van der Waals surface area contributed by atoms with Crippen molar-refractivity contribution in [3.63, 3.8) is 0 Å². The monoisotopic (exact) mass is 759 g/mol. The molecule has 2 N–H and O–H groups in total. The van der Waals surface area contributed by atoms with Gasteiger partial charge in [-0.2, -0.15) is 0 Å². The minimum Gasteiger partial charge on any atom is -0.459 e. The fourth-order valence-corrected chi connectivity index (χ4v) is 5.58. The number of ether oxygens (including phenoxy) is 2. The fraction of sp³-hybridized carbons (Fsp3) is 0.667. The molecule has 0 aliphatic rings. The van der Waals surface area contributed by atoms with Gasteiger partial charge in [0.1, 0.15) is 12.2 Å². The second-order valence-electron chi connectivity index (χ2n) is 13.6. The number of allylic oxidation sites excluding steroid dienone is 6. The molecule has 306 valence electrons. The Labute approximate surface area is 325 Å². The van der Waals surface area contributed by atoms with Crippen molar-refractivity contribution in [3.05, 3.63) is 48.6 Å². The van der Waals surface area contributed by atoms with Crippen molar-refractivity contribution >= 4 is 35.6 Å². The molecule has 0 radical (unpaired) electrons. The number of amides is 4. The zero-order chi connectivity index (χ0) is 40.4. The van der Waals surface area contributed by atoms with Crippen LogP contribution in [0.2, 0.25) is 0 Å². The summed E-state index contributed by atoms with van der Waals surface area (Å²) >= 11 is 0. The normalized spacial score (nSPS) is 12.6. The molecule has 0 aromatic heterocycles. The number of carbonyl (C=O) groups excluding carboxylic acids is 6. The summed E-state index contributed by atoms with van der Waals surface area (Å²) in [5.74, 6) is -1.52. The lowest BCUT2D eigenvalue weighted by atomic mass is 10.1. The first-order valence-electron chi connectivity index (χ1n) is 19.8. The minimum atomic E-state index is -0.581. The highest BCUT2D eigenvalue weighted by atomic mass is 16.5. The van der Waals surface area contributed by atoms with Gasteiger partial charge in [-0.3, -0.25) is 28.8 Å². The molecule has 0 heterocycles. The maximum absolute atomic E-state index is 12.1. The summed E-state index contributed by atoms with van der Waals surface area (Å²) < 4.78 is 10.5. The minimum absolute atomic E-state index is 0.101. The first-order valence-corrected chi connectivity index (χ1v) is 19.8. The van der Waals surface area contributed by atoms with Crippen molar-refractivity contribution in [1.82, 2.24) is 20.4 Å². The van der Waals surface area contributed by atoms with Crippen LogP contribution in [0, 0.1) is 0 Å². The molecule has 0 aliphatic carbocycles. The second-order valence-corrected chi connectivity index (χ2v) is 13.6. The number of carbonyl (C=O) groups is 6. The van der Waals surface area contributed by atoms with Crippen LogP contribution in [0.4, 0.5) is 0 Å². The van der Waals surface area contributed by atoms with Crippen LogP contribution in [0.25, 0.3) is 0 Å². The van der Waals surface area contributed by atoms with Crippen LogP contribution in [0.3, 0.4) is 0 Å². The van der Waals surface area contributed by atoms with Crippen LogP contribution in [0.1, 0.15) is 131 Å². The third-order valence-electron chi connectivity index (χ3n) is 8.40. The first kappa shape index (κ1) is 49.8. The lowest BCUT2D eigenvalue weighted by Crippen LogP contribution is -2.43.